The molecule has 21 heavy (non-hydrogen) atoms. The van der Waals surface area contributed by atoms with E-state index in [2.05, 4.69) is 0 Å². The summed E-state index contributed by atoms with van der Waals surface area (Å²) in [7, 11) is 1.30. The van der Waals surface area contributed by atoms with Gasteiger partial charge in [0.2, 0.25) is 0 Å². The van der Waals surface area contributed by atoms with E-state index < -0.39 is 10.7 Å². The Hall–Kier alpha value is -1.89. The number of carbonyl (C=O) groups is 1. The first kappa shape index (κ1) is 15.5. The quantitative estimate of drug-likeness (QED) is 0.487. The SMILES string of the molecule is COC(=O)C1CCCN(c2cc(Cl)c(F)cc2[N+](=O)[O-])C1. The minimum atomic E-state index is -0.839. The lowest BCUT2D eigenvalue weighted by molar-refractivity contribution is -0.384. The van der Waals surface area contributed by atoms with Crippen molar-refractivity contribution in [2.24, 2.45) is 5.92 Å². The largest absolute Gasteiger partial charge is 0.469 e. The van der Waals surface area contributed by atoms with Gasteiger partial charge in [0.25, 0.3) is 5.69 Å². The summed E-state index contributed by atoms with van der Waals surface area (Å²) in [5.74, 6) is -1.55. The molecule has 1 aromatic carbocycles. The average Bonchev–Trinajstić information content (AvgIpc) is 2.48. The van der Waals surface area contributed by atoms with Gasteiger partial charge in [0.05, 0.1) is 29.0 Å². The van der Waals surface area contributed by atoms with Crippen molar-refractivity contribution < 1.29 is 18.8 Å². The van der Waals surface area contributed by atoms with Crippen molar-refractivity contribution in [1.82, 2.24) is 0 Å². The first-order valence-corrected chi connectivity index (χ1v) is 6.78. The highest BCUT2D eigenvalue weighted by molar-refractivity contribution is 6.31. The molecule has 0 aromatic heterocycles. The molecule has 1 unspecified atom stereocenters. The van der Waals surface area contributed by atoms with Crippen LogP contribution in [-0.4, -0.2) is 31.1 Å². The van der Waals surface area contributed by atoms with Gasteiger partial charge in [-0.1, -0.05) is 11.6 Å². The number of rotatable bonds is 3. The number of nitrogens with zero attached hydrogens (tertiary/aromatic N) is 2. The third kappa shape index (κ3) is 3.24. The van der Waals surface area contributed by atoms with Crippen LogP contribution < -0.4 is 4.90 Å². The average molecular weight is 317 g/mol. The minimum Gasteiger partial charge on any atom is -0.469 e. The van der Waals surface area contributed by atoms with Gasteiger partial charge in [-0.2, -0.15) is 0 Å². The van der Waals surface area contributed by atoms with Crippen LogP contribution in [0, 0.1) is 21.8 Å². The molecule has 8 heteroatoms. The van der Waals surface area contributed by atoms with Crippen LogP contribution in [0.5, 0.6) is 0 Å². The van der Waals surface area contributed by atoms with E-state index in [1.54, 1.807) is 4.90 Å². The van der Waals surface area contributed by atoms with Crippen molar-refractivity contribution in [1.29, 1.82) is 0 Å². The number of benzene rings is 1. The van der Waals surface area contributed by atoms with Gasteiger partial charge < -0.3 is 9.64 Å². The van der Waals surface area contributed by atoms with E-state index >= 15 is 0 Å². The van der Waals surface area contributed by atoms with E-state index in [-0.39, 0.29) is 34.8 Å². The van der Waals surface area contributed by atoms with Gasteiger partial charge in [0.1, 0.15) is 11.5 Å². The van der Waals surface area contributed by atoms with Crippen molar-refractivity contribution in [3.05, 3.63) is 33.1 Å². The molecule has 1 saturated heterocycles. The van der Waals surface area contributed by atoms with Crippen LogP contribution in [0.3, 0.4) is 0 Å². The van der Waals surface area contributed by atoms with E-state index in [4.69, 9.17) is 16.3 Å². The zero-order valence-corrected chi connectivity index (χ0v) is 12.1. The summed E-state index contributed by atoms with van der Waals surface area (Å²) in [5.41, 5.74) is -0.137. The molecule has 1 aromatic rings. The molecule has 0 spiro atoms. The fourth-order valence-electron chi connectivity index (χ4n) is 2.48. The molecule has 0 N–H and O–H groups in total. The molecule has 1 heterocycles. The zero-order chi connectivity index (χ0) is 15.6. The molecule has 1 fully saturated rings. The van der Waals surface area contributed by atoms with Crippen LogP contribution >= 0.6 is 11.6 Å². The normalized spacial score (nSPS) is 18.4. The Morgan fingerprint density at radius 2 is 2.29 bits per heavy atom. The van der Waals surface area contributed by atoms with Gasteiger partial charge in [0, 0.05) is 13.1 Å². The van der Waals surface area contributed by atoms with Crippen molar-refractivity contribution in [2.75, 3.05) is 25.1 Å². The molecule has 0 aliphatic carbocycles. The van der Waals surface area contributed by atoms with Crippen LogP contribution in [-0.2, 0) is 9.53 Å². The van der Waals surface area contributed by atoms with Gasteiger partial charge in [-0.05, 0) is 18.9 Å². The second-order valence-corrected chi connectivity index (χ2v) is 5.23. The van der Waals surface area contributed by atoms with E-state index in [0.717, 1.165) is 6.07 Å². The van der Waals surface area contributed by atoms with Gasteiger partial charge in [-0.25, -0.2) is 4.39 Å². The van der Waals surface area contributed by atoms with Crippen molar-refractivity contribution in [3.8, 4) is 0 Å². The number of anilines is 1. The molecule has 0 amide bonds. The molecule has 0 saturated carbocycles. The van der Waals surface area contributed by atoms with Crippen LogP contribution in [0.1, 0.15) is 12.8 Å². The van der Waals surface area contributed by atoms with Gasteiger partial charge in [-0.15, -0.1) is 0 Å². The number of hydrogen-bond donors (Lipinski definition) is 0. The molecular formula is C13H14ClFN2O4. The van der Waals surface area contributed by atoms with Crippen LogP contribution in [0.4, 0.5) is 15.8 Å². The summed E-state index contributed by atoms with van der Waals surface area (Å²) in [6.07, 6.45) is 1.35. The topological polar surface area (TPSA) is 72.7 Å². The highest BCUT2D eigenvalue weighted by Crippen LogP contribution is 2.35. The Balaban J connectivity index is 2.34. The van der Waals surface area contributed by atoms with E-state index in [1.807, 2.05) is 0 Å². The van der Waals surface area contributed by atoms with Crippen molar-refractivity contribution in [2.45, 2.75) is 12.8 Å². The van der Waals surface area contributed by atoms with E-state index in [0.29, 0.717) is 19.4 Å². The van der Waals surface area contributed by atoms with Crippen LogP contribution in [0.25, 0.3) is 0 Å². The monoisotopic (exact) mass is 316 g/mol. The molecule has 0 bridgehead atoms. The molecule has 2 rings (SSSR count). The highest BCUT2D eigenvalue weighted by atomic mass is 35.5. The number of carbonyl (C=O) groups excluding carboxylic acids is 1. The Morgan fingerprint density at radius 3 is 2.90 bits per heavy atom. The number of ether oxygens (including phenoxy) is 1. The third-order valence-corrected chi connectivity index (χ3v) is 3.80. The number of nitro benzene ring substituents is 1. The first-order chi connectivity index (χ1) is 9.93. The number of esters is 1. The molecular weight excluding hydrogens is 303 g/mol. The predicted octanol–water partition coefficient (Wildman–Crippen LogP) is 2.78. The highest BCUT2D eigenvalue weighted by Gasteiger charge is 2.30. The Labute approximate surface area is 125 Å². The Kier molecular flexibility index (Phi) is 4.62. The Morgan fingerprint density at radius 1 is 1.57 bits per heavy atom. The van der Waals surface area contributed by atoms with Gasteiger partial charge >= 0.3 is 5.97 Å². The van der Waals surface area contributed by atoms with E-state index in [1.165, 1.54) is 13.2 Å². The number of hydrogen-bond acceptors (Lipinski definition) is 5. The lowest BCUT2D eigenvalue weighted by atomic mass is 9.97. The third-order valence-electron chi connectivity index (χ3n) is 3.51. The molecule has 6 nitrogen and oxygen atoms in total. The summed E-state index contributed by atoms with van der Waals surface area (Å²) < 4.78 is 18.1. The zero-order valence-electron chi connectivity index (χ0n) is 11.3. The van der Waals surface area contributed by atoms with Crippen molar-refractivity contribution >= 4 is 28.9 Å². The maximum Gasteiger partial charge on any atom is 0.310 e. The number of nitro groups is 1. The summed E-state index contributed by atoms with van der Waals surface area (Å²) in [4.78, 5) is 23.7. The second kappa shape index (κ2) is 6.26. The standard InChI is InChI=1S/C13H14ClFN2O4/c1-21-13(18)8-3-2-4-16(7-8)11-5-9(14)10(15)6-12(11)17(19)20/h5-6,8H,2-4,7H2,1H3. The summed E-state index contributed by atoms with van der Waals surface area (Å²) in [6, 6.07) is 2.04. The smallest absolute Gasteiger partial charge is 0.310 e. The van der Waals surface area contributed by atoms with Gasteiger partial charge in [-0.3, -0.25) is 14.9 Å². The predicted molar refractivity (Wildman–Crippen MR) is 75.0 cm³/mol. The summed E-state index contributed by atoms with van der Waals surface area (Å²) in [5, 5.41) is 10.9. The Bertz CT molecular complexity index is 582. The minimum absolute atomic E-state index is 0.184. The molecule has 1 atom stereocenters. The second-order valence-electron chi connectivity index (χ2n) is 4.82. The summed E-state index contributed by atoms with van der Waals surface area (Å²) in [6.45, 7) is 0.825. The van der Waals surface area contributed by atoms with Crippen LogP contribution in [0.2, 0.25) is 5.02 Å². The molecule has 1 aliphatic rings. The lowest BCUT2D eigenvalue weighted by Crippen LogP contribution is -2.39. The number of halogens is 2. The van der Waals surface area contributed by atoms with E-state index in [9.17, 15) is 19.3 Å². The molecule has 1 aliphatic heterocycles. The van der Waals surface area contributed by atoms with Crippen molar-refractivity contribution in [3.63, 3.8) is 0 Å². The lowest BCUT2D eigenvalue weighted by Gasteiger charge is -2.32. The summed E-state index contributed by atoms with van der Waals surface area (Å²) >= 11 is 5.72. The first-order valence-electron chi connectivity index (χ1n) is 6.40. The maximum atomic E-state index is 13.4. The molecule has 0 radical (unpaired) electrons. The number of methoxy groups -OCH3 is 1. The fraction of sp³-hybridized carbons (Fsp3) is 0.462. The van der Waals surface area contributed by atoms with Crippen LogP contribution in [0.15, 0.2) is 12.1 Å². The maximum absolute atomic E-state index is 13.4. The fourth-order valence-corrected chi connectivity index (χ4v) is 2.64. The van der Waals surface area contributed by atoms with Gasteiger partial charge in [0.15, 0.2) is 0 Å². The number of piperidine rings is 1. The molecule has 114 valence electrons.